The average Bonchev–Trinajstić information content (AvgIpc) is 2.42. The van der Waals surface area contributed by atoms with Crippen LogP contribution in [0.2, 0.25) is 0 Å². The summed E-state index contributed by atoms with van der Waals surface area (Å²) >= 11 is 5.26. The van der Waals surface area contributed by atoms with Gasteiger partial charge in [-0.2, -0.15) is 0 Å². The van der Waals surface area contributed by atoms with Crippen molar-refractivity contribution in [3.63, 3.8) is 0 Å². The maximum atomic E-state index is 12.2. The molecule has 19 heavy (non-hydrogen) atoms. The molecule has 0 aromatic heterocycles. The Morgan fingerprint density at radius 3 is 2.42 bits per heavy atom. The van der Waals surface area contributed by atoms with Crippen LogP contribution in [0.4, 0.5) is 0 Å². The number of ketones is 1. The fourth-order valence-corrected chi connectivity index (χ4v) is 2.91. The number of thioether (sulfide) groups is 1. The number of hydrogen-bond acceptors (Lipinski definition) is 2. The maximum Gasteiger partial charge on any atom is 0.167 e. The SMILES string of the molecule is CCSc1ccc(C(=O)Cc2ccccc2Br)cc1. The Labute approximate surface area is 126 Å². The number of carbonyl (C=O) groups excluding carboxylic acids is 1. The van der Waals surface area contributed by atoms with Crippen LogP contribution in [0.5, 0.6) is 0 Å². The number of halogens is 1. The van der Waals surface area contributed by atoms with E-state index in [0.717, 1.165) is 21.4 Å². The van der Waals surface area contributed by atoms with Crippen molar-refractivity contribution in [3.8, 4) is 0 Å². The molecule has 2 aromatic rings. The van der Waals surface area contributed by atoms with E-state index in [1.165, 1.54) is 4.90 Å². The third-order valence-corrected chi connectivity index (χ3v) is 4.46. The molecule has 98 valence electrons. The molecule has 3 heteroatoms. The zero-order valence-corrected chi connectivity index (χ0v) is 13.1. The third-order valence-electron chi connectivity index (χ3n) is 2.80. The first kappa shape index (κ1) is 14.4. The molecule has 0 unspecified atom stereocenters. The lowest BCUT2D eigenvalue weighted by atomic mass is 10.0. The zero-order chi connectivity index (χ0) is 13.7. The van der Waals surface area contributed by atoms with Gasteiger partial charge in [0, 0.05) is 21.4 Å². The van der Waals surface area contributed by atoms with Crippen LogP contribution in [-0.2, 0) is 6.42 Å². The molecule has 1 nitrogen and oxygen atoms in total. The van der Waals surface area contributed by atoms with Crippen molar-refractivity contribution in [1.82, 2.24) is 0 Å². The Morgan fingerprint density at radius 2 is 1.79 bits per heavy atom. The van der Waals surface area contributed by atoms with E-state index in [4.69, 9.17) is 0 Å². The van der Waals surface area contributed by atoms with Gasteiger partial charge in [-0.05, 0) is 29.5 Å². The van der Waals surface area contributed by atoms with Gasteiger partial charge in [-0.25, -0.2) is 0 Å². The lowest BCUT2D eigenvalue weighted by Gasteiger charge is -2.05. The maximum absolute atomic E-state index is 12.2. The van der Waals surface area contributed by atoms with Gasteiger partial charge in [-0.15, -0.1) is 11.8 Å². The van der Waals surface area contributed by atoms with Crippen molar-refractivity contribution >= 4 is 33.5 Å². The highest BCUT2D eigenvalue weighted by Crippen LogP contribution is 2.20. The van der Waals surface area contributed by atoms with Crippen molar-refractivity contribution < 1.29 is 4.79 Å². The van der Waals surface area contributed by atoms with E-state index in [-0.39, 0.29) is 5.78 Å². The van der Waals surface area contributed by atoms with Crippen LogP contribution in [0.15, 0.2) is 57.9 Å². The van der Waals surface area contributed by atoms with E-state index in [2.05, 4.69) is 22.9 Å². The first-order valence-electron chi connectivity index (χ1n) is 6.20. The van der Waals surface area contributed by atoms with Crippen molar-refractivity contribution in [1.29, 1.82) is 0 Å². The van der Waals surface area contributed by atoms with E-state index in [0.29, 0.717) is 6.42 Å². The van der Waals surface area contributed by atoms with Crippen LogP contribution in [0.25, 0.3) is 0 Å². The Hall–Kier alpha value is -1.06. The van der Waals surface area contributed by atoms with Gasteiger partial charge in [0.1, 0.15) is 0 Å². The molecule has 0 bridgehead atoms. The normalized spacial score (nSPS) is 10.4. The minimum Gasteiger partial charge on any atom is -0.294 e. The number of benzene rings is 2. The summed E-state index contributed by atoms with van der Waals surface area (Å²) < 4.78 is 0.988. The number of Topliss-reactive ketones (excluding diaryl/α,β-unsaturated/α-hetero) is 1. The second-order valence-corrected chi connectivity index (χ2v) is 6.34. The fraction of sp³-hybridized carbons (Fsp3) is 0.188. The Balaban J connectivity index is 2.10. The lowest BCUT2D eigenvalue weighted by Crippen LogP contribution is -2.03. The standard InChI is InChI=1S/C16H15BrOS/c1-2-19-14-9-7-12(8-10-14)16(18)11-13-5-3-4-6-15(13)17/h3-10H,2,11H2,1H3. The van der Waals surface area contributed by atoms with Gasteiger partial charge in [0.05, 0.1) is 0 Å². The van der Waals surface area contributed by atoms with Crippen LogP contribution in [0, 0.1) is 0 Å². The summed E-state index contributed by atoms with van der Waals surface area (Å²) in [5, 5.41) is 0. The molecule has 0 saturated carbocycles. The van der Waals surface area contributed by atoms with Gasteiger partial charge in [0.25, 0.3) is 0 Å². The zero-order valence-electron chi connectivity index (χ0n) is 10.7. The van der Waals surface area contributed by atoms with Gasteiger partial charge in [0.15, 0.2) is 5.78 Å². The molecule has 0 atom stereocenters. The second-order valence-electron chi connectivity index (χ2n) is 4.15. The predicted octanol–water partition coefficient (Wildman–Crippen LogP) is 4.99. The van der Waals surface area contributed by atoms with Crippen LogP contribution < -0.4 is 0 Å². The van der Waals surface area contributed by atoms with Crippen LogP contribution in [0.3, 0.4) is 0 Å². The molecule has 0 saturated heterocycles. The minimum atomic E-state index is 0.153. The fourth-order valence-electron chi connectivity index (χ4n) is 1.82. The molecule has 0 radical (unpaired) electrons. The molecule has 0 aliphatic carbocycles. The molecule has 0 fully saturated rings. The van der Waals surface area contributed by atoms with Crippen molar-refractivity contribution in [3.05, 3.63) is 64.1 Å². The summed E-state index contributed by atoms with van der Waals surface area (Å²) in [6, 6.07) is 15.7. The highest BCUT2D eigenvalue weighted by Gasteiger charge is 2.09. The smallest absolute Gasteiger partial charge is 0.167 e. The minimum absolute atomic E-state index is 0.153. The number of rotatable bonds is 5. The molecule has 2 rings (SSSR count). The highest BCUT2D eigenvalue weighted by atomic mass is 79.9. The summed E-state index contributed by atoms with van der Waals surface area (Å²) in [5.74, 6) is 1.20. The quantitative estimate of drug-likeness (QED) is 0.566. The Kier molecular flexibility index (Phi) is 5.23. The first-order valence-corrected chi connectivity index (χ1v) is 7.98. The second kappa shape index (κ2) is 6.92. The van der Waals surface area contributed by atoms with E-state index in [1.807, 2.05) is 48.5 Å². The van der Waals surface area contributed by atoms with Gasteiger partial charge in [-0.3, -0.25) is 4.79 Å². The van der Waals surface area contributed by atoms with Crippen molar-refractivity contribution in [2.45, 2.75) is 18.2 Å². The van der Waals surface area contributed by atoms with Crippen molar-refractivity contribution in [2.75, 3.05) is 5.75 Å². The van der Waals surface area contributed by atoms with Crippen molar-refractivity contribution in [2.24, 2.45) is 0 Å². The first-order chi connectivity index (χ1) is 9.20. The summed E-state index contributed by atoms with van der Waals surface area (Å²) in [5.41, 5.74) is 1.80. The molecular weight excluding hydrogens is 320 g/mol. The molecule has 0 spiro atoms. The van der Waals surface area contributed by atoms with E-state index < -0.39 is 0 Å². The number of carbonyl (C=O) groups is 1. The monoisotopic (exact) mass is 334 g/mol. The van der Waals surface area contributed by atoms with Crippen LogP contribution >= 0.6 is 27.7 Å². The van der Waals surface area contributed by atoms with Gasteiger partial charge in [-0.1, -0.05) is 53.2 Å². The Bertz CT molecular complexity index is 563. The topological polar surface area (TPSA) is 17.1 Å². The van der Waals surface area contributed by atoms with Gasteiger partial charge >= 0.3 is 0 Å². The molecule has 0 heterocycles. The molecule has 0 aliphatic heterocycles. The third kappa shape index (κ3) is 3.95. The average molecular weight is 335 g/mol. The molecule has 0 N–H and O–H groups in total. The summed E-state index contributed by atoms with van der Waals surface area (Å²) in [7, 11) is 0. The van der Waals surface area contributed by atoms with E-state index >= 15 is 0 Å². The largest absolute Gasteiger partial charge is 0.294 e. The van der Waals surface area contributed by atoms with Gasteiger partial charge < -0.3 is 0 Å². The Morgan fingerprint density at radius 1 is 1.11 bits per heavy atom. The lowest BCUT2D eigenvalue weighted by molar-refractivity contribution is 0.0992. The summed E-state index contributed by atoms with van der Waals surface area (Å²) in [6.07, 6.45) is 0.432. The van der Waals surface area contributed by atoms with E-state index in [9.17, 15) is 4.79 Å². The molecule has 2 aromatic carbocycles. The van der Waals surface area contributed by atoms with Gasteiger partial charge in [0.2, 0.25) is 0 Å². The molecular formula is C16H15BrOS. The predicted molar refractivity (Wildman–Crippen MR) is 85.0 cm³/mol. The molecule has 0 aliphatic rings. The molecule has 0 amide bonds. The van der Waals surface area contributed by atoms with Crippen LogP contribution in [-0.4, -0.2) is 11.5 Å². The summed E-state index contributed by atoms with van der Waals surface area (Å²) in [6.45, 7) is 2.12. The highest BCUT2D eigenvalue weighted by molar-refractivity contribution is 9.10. The van der Waals surface area contributed by atoms with Crippen LogP contribution in [0.1, 0.15) is 22.8 Å². The summed E-state index contributed by atoms with van der Waals surface area (Å²) in [4.78, 5) is 13.4. The van der Waals surface area contributed by atoms with E-state index in [1.54, 1.807) is 11.8 Å². The number of hydrogen-bond donors (Lipinski definition) is 0.